The van der Waals surface area contributed by atoms with Crippen molar-refractivity contribution in [2.24, 2.45) is 0 Å². The van der Waals surface area contributed by atoms with Crippen LogP contribution in [0.4, 0.5) is 5.82 Å². The second kappa shape index (κ2) is 7.40. The summed E-state index contributed by atoms with van der Waals surface area (Å²) in [6, 6.07) is 2.60. The highest BCUT2D eigenvalue weighted by Crippen LogP contribution is 2.22. The van der Waals surface area contributed by atoms with Crippen LogP contribution in [-0.4, -0.2) is 49.4 Å². The Kier molecular flexibility index (Phi) is 5.54. The number of aryl methyl sites for hydroxylation is 1. The zero-order valence-electron chi connectivity index (χ0n) is 11.9. The van der Waals surface area contributed by atoms with Gasteiger partial charge < -0.3 is 15.0 Å². The van der Waals surface area contributed by atoms with E-state index >= 15 is 0 Å². The maximum absolute atomic E-state index is 5.06. The Bertz CT molecular complexity index is 385. The molecule has 19 heavy (non-hydrogen) atoms. The van der Waals surface area contributed by atoms with Crippen molar-refractivity contribution >= 4 is 5.82 Å². The van der Waals surface area contributed by atoms with E-state index in [4.69, 9.17) is 4.74 Å². The normalized spacial score (nSPS) is 19.7. The van der Waals surface area contributed by atoms with E-state index < -0.39 is 0 Å². The zero-order valence-corrected chi connectivity index (χ0v) is 11.9. The number of hydrogen-bond donors (Lipinski definition) is 1. The maximum Gasteiger partial charge on any atom is 0.132 e. The highest BCUT2D eigenvalue weighted by molar-refractivity contribution is 5.40. The lowest BCUT2D eigenvalue weighted by atomic mass is 10.0. The molecule has 1 aliphatic heterocycles. The molecule has 1 saturated heterocycles. The summed E-state index contributed by atoms with van der Waals surface area (Å²) in [5, 5.41) is 3.46. The van der Waals surface area contributed by atoms with Crippen LogP contribution < -0.4 is 10.2 Å². The number of nitrogens with one attached hydrogen (secondary N) is 1. The fourth-order valence-corrected chi connectivity index (χ4v) is 2.55. The SMILES string of the molecule is COCCNCC1CCCCN1c1cc(C)ncn1. The van der Waals surface area contributed by atoms with Crippen LogP contribution in [0.15, 0.2) is 12.4 Å². The summed E-state index contributed by atoms with van der Waals surface area (Å²) in [5.74, 6) is 1.06. The molecule has 0 bridgehead atoms. The summed E-state index contributed by atoms with van der Waals surface area (Å²) in [4.78, 5) is 11.0. The first-order valence-electron chi connectivity index (χ1n) is 7.06. The number of hydrogen-bond acceptors (Lipinski definition) is 5. The van der Waals surface area contributed by atoms with Gasteiger partial charge in [-0.1, -0.05) is 0 Å². The molecule has 2 rings (SSSR count). The van der Waals surface area contributed by atoms with Gasteiger partial charge >= 0.3 is 0 Å². The molecule has 1 aromatic heterocycles. The van der Waals surface area contributed by atoms with Crippen molar-refractivity contribution < 1.29 is 4.74 Å². The maximum atomic E-state index is 5.06. The van der Waals surface area contributed by atoms with Gasteiger partial charge in [0.2, 0.25) is 0 Å². The van der Waals surface area contributed by atoms with Crippen molar-refractivity contribution in [1.29, 1.82) is 0 Å². The largest absolute Gasteiger partial charge is 0.383 e. The summed E-state index contributed by atoms with van der Waals surface area (Å²) >= 11 is 0. The molecule has 1 atom stereocenters. The van der Waals surface area contributed by atoms with Crippen LogP contribution in [0.3, 0.4) is 0 Å². The first-order chi connectivity index (χ1) is 9.31. The molecule has 5 heteroatoms. The van der Waals surface area contributed by atoms with E-state index in [0.717, 1.165) is 37.8 Å². The number of methoxy groups -OCH3 is 1. The summed E-state index contributed by atoms with van der Waals surface area (Å²) in [6.07, 6.45) is 5.44. The van der Waals surface area contributed by atoms with E-state index in [1.807, 2.05) is 6.92 Å². The monoisotopic (exact) mass is 264 g/mol. The number of anilines is 1. The Balaban J connectivity index is 1.95. The number of piperidine rings is 1. The Labute approximate surface area is 115 Å². The van der Waals surface area contributed by atoms with Crippen molar-refractivity contribution in [3.8, 4) is 0 Å². The molecular formula is C14H24N4O. The van der Waals surface area contributed by atoms with Crippen molar-refractivity contribution in [3.05, 3.63) is 18.1 Å². The first kappa shape index (κ1) is 14.2. The minimum atomic E-state index is 0.528. The summed E-state index contributed by atoms with van der Waals surface area (Å²) < 4.78 is 5.06. The van der Waals surface area contributed by atoms with E-state index in [2.05, 4.69) is 26.3 Å². The van der Waals surface area contributed by atoms with Gasteiger partial charge in [-0.3, -0.25) is 0 Å². The molecule has 0 spiro atoms. The topological polar surface area (TPSA) is 50.3 Å². The van der Waals surface area contributed by atoms with Gasteiger partial charge in [-0.2, -0.15) is 0 Å². The van der Waals surface area contributed by atoms with Crippen LogP contribution in [0.25, 0.3) is 0 Å². The number of nitrogens with zero attached hydrogens (tertiary/aromatic N) is 3. The van der Waals surface area contributed by atoms with Gasteiger partial charge in [0.25, 0.3) is 0 Å². The third-order valence-corrected chi connectivity index (χ3v) is 3.57. The predicted molar refractivity (Wildman–Crippen MR) is 76.5 cm³/mol. The highest BCUT2D eigenvalue weighted by atomic mass is 16.5. The number of aromatic nitrogens is 2. The molecule has 106 valence electrons. The molecule has 1 aliphatic rings. The van der Waals surface area contributed by atoms with Crippen LogP contribution in [0.2, 0.25) is 0 Å². The fraction of sp³-hybridized carbons (Fsp3) is 0.714. The third-order valence-electron chi connectivity index (χ3n) is 3.57. The average Bonchev–Trinajstić information content (AvgIpc) is 2.44. The smallest absolute Gasteiger partial charge is 0.132 e. The molecule has 5 nitrogen and oxygen atoms in total. The summed E-state index contributed by atoms with van der Waals surface area (Å²) in [6.45, 7) is 5.77. The molecule has 1 N–H and O–H groups in total. The lowest BCUT2D eigenvalue weighted by molar-refractivity contribution is 0.198. The third kappa shape index (κ3) is 4.14. The van der Waals surface area contributed by atoms with Crippen molar-refractivity contribution in [2.45, 2.75) is 32.2 Å². The van der Waals surface area contributed by atoms with Crippen LogP contribution in [0.1, 0.15) is 25.0 Å². The van der Waals surface area contributed by atoms with Gasteiger partial charge in [-0.15, -0.1) is 0 Å². The van der Waals surface area contributed by atoms with Crippen molar-refractivity contribution in [1.82, 2.24) is 15.3 Å². The number of ether oxygens (including phenoxy) is 1. The van der Waals surface area contributed by atoms with Gasteiger partial charge in [-0.05, 0) is 26.2 Å². The quantitative estimate of drug-likeness (QED) is 0.787. The lowest BCUT2D eigenvalue weighted by Gasteiger charge is -2.37. The Morgan fingerprint density at radius 2 is 2.32 bits per heavy atom. The molecule has 0 aromatic carbocycles. The molecule has 1 aromatic rings. The summed E-state index contributed by atoms with van der Waals surface area (Å²) in [5.41, 5.74) is 1.03. The Hall–Kier alpha value is -1.20. The molecular weight excluding hydrogens is 240 g/mol. The molecule has 0 amide bonds. The van der Waals surface area contributed by atoms with Gasteiger partial charge in [0.15, 0.2) is 0 Å². The second-order valence-corrected chi connectivity index (χ2v) is 5.06. The first-order valence-corrected chi connectivity index (χ1v) is 7.06. The van der Waals surface area contributed by atoms with E-state index in [9.17, 15) is 0 Å². The van der Waals surface area contributed by atoms with Crippen LogP contribution in [0.5, 0.6) is 0 Å². The van der Waals surface area contributed by atoms with Gasteiger partial charge in [0.1, 0.15) is 12.1 Å². The van der Waals surface area contributed by atoms with E-state index in [1.54, 1.807) is 13.4 Å². The van der Waals surface area contributed by atoms with Crippen molar-refractivity contribution in [3.63, 3.8) is 0 Å². The molecule has 1 fully saturated rings. The Morgan fingerprint density at radius 1 is 1.42 bits per heavy atom. The molecule has 0 saturated carbocycles. The highest BCUT2D eigenvalue weighted by Gasteiger charge is 2.23. The van der Waals surface area contributed by atoms with Crippen LogP contribution >= 0.6 is 0 Å². The van der Waals surface area contributed by atoms with Gasteiger partial charge in [0, 0.05) is 44.5 Å². The number of rotatable bonds is 6. The lowest BCUT2D eigenvalue weighted by Crippen LogP contribution is -2.46. The molecule has 1 unspecified atom stereocenters. The predicted octanol–water partition coefficient (Wildman–Crippen LogP) is 1.38. The van der Waals surface area contributed by atoms with Crippen molar-refractivity contribution in [2.75, 3.05) is 38.3 Å². The molecule has 2 heterocycles. The van der Waals surface area contributed by atoms with E-state index in [0.29, 0.717) is 6.04 Å². The van der Waals surface area contributed by atoms with Crippen LogP contribution in [-0.2, 0) is 4.74 Å². The second-order valence-electron chi connectivity index (χ2n) is 5.06. The minimum absolute atomic E-state index is 0.528. The summed E-state index contributed by atoms with van der Waals surface area (Å²) in [7, 11) is 1.73. The fourth-order valence-electron chi connectivity index (χ4n) is 2.55. The van der Waals surface area contributed by atoms with E-state index in [-0.39, 0.29) is 0 Å². The zero-order chi connectivity index (χ0) is 13.5. The average molecular weight is 264 g/mol. The van der Waals surface area contributed by atoms with Gasteiger partial charge in [-0.25, -0.2) is 9.97 Å². The Morgan fingerprint density at radius 3 is 3.11 bits per heavy atom. The van der Waals surface area contributed by atoms with Crippen LogP contribution in [0, 0.1) is 6.92 Å². The minimum Gasteiger partial charge on any atom is -0.383 e. The molecule has 0 aliphatic carbocycles. The molecule has 0 radical (unpaired) electrons. The van der Waals surface area contributed by atoms with E-state index in [1.165, 1.54) is 19.3 Å². The van der Waals surface area contributed by atoms with Gasteiger partial charge in [0.05, 0.1) is 6.61 Å². The standard InChI is InChI=1S/C14H24N4O/c1-12-9-14(17-11-16-12)18-7-4-3-5-13(18)10-15-6-8-19-2/h9,11,13,15H,3-8,10H2,1-2H3.